The van der Waals surface area contributed by atoms with Crippen LogP contribution in [-0.4, -0.2) is 55.9 Å². The molecule has 140 valence electrons. The zero-order chi connectivity index (χ0) is 18.1. The van der Waals surface area contributed by atoms with Crippen LogP contribution in [0.2, 0.25) is 0 Å². The first-order chi connectivity index (χ1) is 12.1. The Balaban J connectivity index is 1.88. The minimum Gasteiger partial charge on any atom is -0.386 e. The van der Waals surface area contributed by atoms with Crippen molar-refractivity contribution >= 4 is 5.96 Å². The second-order valence-corrected chi connectivity index (χ2v) is 6.89. The molecular weight excluding hydrogens is 314 g/mol. The summed E-state index contributed by atoms with van der Waals surface area (Å²) < 4.78 is 5.43. The number of aliphatic hydroxyl groups excluding tert-OH is 1. The van der Waals surface area contributed by atoms with Crippen molar-refractivity contribution < 1.29 is 9.84 Å². The molecule has 0 bridgehead atoms. The second-order valence-electron chi connectivity index (χ2n) is 6.89. The van der Waals surface area contributed by atoms with E-state index < -0.39 is 6.10 Å². The molecular formula is C20H33N3O2. The van der Waals surface area contributed by atoms with Crippen LogP contribution in [0.1, 0.15) is 43.4 Å². The van der Waals surface area contributed by atoms with E-state index in [2.05, 4.69) is 29.2 Å². The maximum atomic E-state index is 10.4. The first-order valence-corrected chi connectivity index (χ1v) is 9.42. The minimum atomic E-state index is -0.571. The van der Waals surface area contributed by atoms with Gasteiger partial charge in [0, 0.05) is 33.4 Å². The van der Waals surface area contributed by atoms with Gasteiger partial charge in [0.15, 0.2) is 5.96 Å². The number of aliphatic imine (C=N–C) groups is 1. The lowest BCUT2D eigenvalue weighted by molar-refractivity contribution is 0.0625. The van der Waals surface area contributed by atoms with E-state index >= 15 is 0 Å². The topological polar surface area (TPSA) is 57.1 Å². The van der Waals surface area contributed by atoms with Crippen molar-refractivity contribution in [1.82, 2.24) is 10.2 Å². The van der Waals surface area contributed by atoms with Crippen LogP contribution in [0, 0.1) is 12.8 Å². The quantitative estimate of drug-likeness (QED) is 0.588. The van der Waals surface area contributed by atoms with Crippen LogP contribution in [0.3, 0.4) is 0 Å². The van der Waals surface area contributed by atoms with E-state index in [1.807, 2.05) is 31.2 Å². The summed E-state index contributed by atoms with van der Waals surface area (Å²) in [6.07, 6.45) is 2.91. The first-order valence-electron chi connectivity index (χ1n) is 9.42. The number of hydrogen-bond acceptors (Lipinski definition) is 3. The summed E-state index contributed by atoms with van der Waals surface area (Å²) in [4.78, 5) is 6.80. The molecule has 2 N–H and O–H groups in total. The zero-order valence-electron chi connectivity index (χ0n) is 15.9. The van der Waals surface area contributed by atoms with Crippen molar-refractivity contribution in [2.45, 2.75) is 39.2 Å². The number of benzene rings is 1. The Kier molecular flexibility index (Phi) is 8.22. The van der Waals surface area contributed by atoms with Crippen molar-refractivity contribution in [3.8, 4) is 0 Å². The smallest absolute Gasteiger partial charge is 0.193 e. The van der Waals surface area contributed by atoms with E-state index in [1.165, 1.54) is 5.56 Å². The van der Waals surface area contributed by atoms with Crippen molar-refractivity contribution in [2.75, 3.05) is 39.9 Å². The summed E-state index contributed by atoms with van der Waals surface area (Å²) in [5.74, 6) is 1.61. The molecule has 1 aliphatic heterocycles. The summed E-state index contributed by atoms with van der Waals surface area (Å²) in [5, 5.41) is 13.7. The number of nitrogens with zero attached hydrogens (tertiary/aromatic N) is 2. The highest BCUT2D eigenvalue weighted by Crippen LogP contribution is 2.18. The van der Waals surface area contributed by atoms with Gasteiger partial charge < -0.3 is 20.1 Å². The van der Waals surface area contributed by atoms with Gasteiger partial charge in [-0.05, 0) is 44.6 Å². The van der Waals surface area contributed by atoms with Crippen molar-refractivity contribution in [2.24, 2.45) is 10.9 Å². The highest BCUT2D eigenvalue weighted by Gasteiger charge is 2.16. The molecule has 0 aromatic heterocycles. The number of aliphatic hydroxyl groups is 1. The highest BCUT2D eigenvalue weighted by molar-refractivity contribution is 5.79. The maximum Gasteiger partial charge on any atom is 0.193 e. The van der Waals surface area contributed by atoms with Gasteiger partial charge in [-0.3, -0.25) is 4.99 Å². The SMILES string of the molecule is CCNC(=NCC(O)c1ccc(C)cc1)N(C)CCC1CCOCC1. The van der Waals surface area contributed by atoms with Crippen molar-refractivity contribution in [3.05, 3.63) is 35.4 Å². The summed E-state index contributed by atoms with van der Waals surface area (Å²) in [5.41, 5.74) is 2.11. The molecule has 5 heteroatoms. The molecule has 0 radical (unpaired) electrons. The number of hydrogen-bond donors (Lipinski definition) is 2. The number of guanidine groups is 1. The fourth-order valence-corrected chi connectivity index (χ4v) is 3.05. The molecule has 1 saturated heterocycles. The molecule has 1 aromatic rings. The van der Waals surface area contributed by atoms with Gasteiger partial charge in [0.05, 0.1) is 12.6 Å². The van der Waals surface area contributed by atoms with Gasteiger partial charge in [-0.2, -0.15) is 0 Å². The molecule has 1 aromatic carbocycles. The molecule has 1 atom stereocenters. The van der Waals surface area contributed by atoms with Gasteiger partial charge in [0.25, 0.3) is 0 Å². The Morgan fingerprint density at radius 2 is 2.00 bits per heavy atom. The average molecular weight is 348 g/mol. The lowest BCUT2D eigenvalue weighted by Gasteiger charge is -2.27. The molecule has 2 rings (SSSR count). The van der Waals surface area contributed by atoms with E-state index in [1.54, 1.807) is 0 Å². The average Bonchev–Trinajstić information content (AvgIpc) is 2.64. The molecule has 1 fully saturated rings. The van der Waals surface area contributed by atoms with Gasteiger partial charge in [0.1, 0.15) is 0 Å². The molecule has 5 nitrogen and oxygen atoms in total. The van der Waals surface area contributed by atoms with E-state index in [4.69, 9.17) is 4.74 Å². The molecule has 0 spiro atoms. The monoisotopic (exact) mass is 347 g/mol. The number of rotatable bonds is 7. The Labute approximate surface area is 152 Å². The van der Waals surface area contributed by atoms with Crippen LogP contribution < -0.4 is 5.32 Å². The predicted octanol–water partition coefficient (Wildman–Crippen LogP) is 2.74. The van der Waals surface area contributed by atoms with Crippen molar-refractivity contribution in [1.29, 1.82) is 0 Å². The molecule has 1 aliphatic rings. The van der Waals surface area contributed by atoms with Crippen LogP contribution >= 0.6 is 0 Å². The third-order valence-electron chi connectivity index (χ3n) is 4.79. The third-order valence-corrected chi connectivity index (χ3v) is 4.79. The third kappa shape index (κ3) is 6.67. The fourth-order valence-electron chi connectivity index (χ4n) is 3.05. The molecule has 0 saturated carbocycles. The van der Waals surface area contributed by atoms with Gasteiger partial charge in [0.2, 0.25) is 0 Å². The zero-order valence-corrected chi connectivity index (χ0v) is 15.9. The van der Waals surface area contributed by atoms with Gasteiger partial charge in [-0.25, -0.2) is 0 Å². The fraction of sp³-hybridized carbons (Fsp3) is 0.650. The first kappa shape index (κ1) is 19.7. The highest BCUT2D eigenvalue weighted by atomic mass is 16.5. The molecule has 1 heterocycles. The van der Waals surface area contributed by atoms with Crippen LogP contribution in [0.4, 0.5) is 0 Å². The van der Waals surface area contributed by atoms with E-state index in [9.17, 15) is 5.11 Å². The lowest BCUT2D eigenvalue weighted by Crippen LogP contribution is -2.40. The van der Waals surface area contributed by atoms with Crippen LogP contribution in [-0.2, 0) is 4.74 Å². The van der Waals surface area contributed by atoms with Crippen LogP contribution in [0.25, 0.3) is 0 Å². The standard InChI is InChI=1S/C20H33N3O2/c1-4-21-20(23(3)12-9-17-10-13-25-14-11-17)22-15-19(24)18-7-5-16(2)6-8-18/h5-8,17,19,24H,4,9-15H2,1-3H3,(H,21,22). The normalized spacial score (nSPS) is 17.4. The van der Waals surface area contributed by atoms with Crippen LogP contribution in [0.5, 0.6) is 0 Å². The number of ether oxygens (including phenoxy) is 1. The molecule has 25 heavy (non-hydrogen) atoms. The van der Waals surface area contributed by atoms with Gasteiger partial charge >= 0.3 is 0 Å². The predicted molar refractivity (Wildman–Crippen MR) is 103 cm³/mol. The summed E-state index contributed by atoms with van der Waals surface area (Å²) in [6, 6.07) is 7.98. The number of nitrogens with one attached hydrogen (secondary N) is 1. The molecule has 0 amide bonds. The van der Waals surface area contributed by atoms with Crippen LogP contribution in [0.15, 0.2) is 29.3 Å². The van der Waals surface area contributed by atoms with E-state index in [0.717, 1.165) is 63.0 Å². The molecule has 1 unspecified atom stereocenters. The lowest BCUT2D eigenvalue weighted by atomic mass is 9.96. The Bertz CT molecular complexity index is 524. The van der Waals surface area contributed by atoms with E-state index in [-0.39, 0.29) is 0 Å². The maximum absolute atomic E-state index is 10.4. The van der Waals surface area contributed by atoms with Crippen molar-refractivity contribution in [3.63, 3.8) is 0 Å². The Morgan fingerprint density at radius 3 is 2.64 bits per heavy atom. The minimum absolute atomic E-state index is 0.368. The summed E-state index contributed by atoms with van der Waals surface area (Å²) >= 11 is 0. The van der Waals surface area contributed by atoms with E-state index in [0.29, 0.717) is 6.54 Å². The largest absolute Gasteiger partial charge is 0.386 e. The Hall–Kier alpha value is -1.59. The summed E-state index contributed by atoms with van der Waals surface area (Å²) in [6.45, 7) is 8.06. The molecule has 0 aliphatic carbocycles. The Morgan fingerprint density at radius 1 is 1.32 bits per heavy atom. The second kappa shape index (κ2) is 10.4. The van der Waals surface area contributed by atoms with Gasteiger partial charge in [-0.1, -0.05) is 29.8 Å². The summed E-state index contributed by atoms with van der Waals surface area (Å²) in [7, 11) is 2.07. The van der Waals surface area contributed by atoms with Gasteiger partial charge in [-0.15, -0.1) is 0 Å². The number of aryl methyl sites for hydroxylation is 1.